The number of aromatic hydroxyl groups is 1. The van der Waals surface area contributed by atoms with Gasteiger partial charge in [0.15, 0.2) is 4.80 Å². The summed E-state index contributed by atoms with van der Waals surface area (Å²) in [5.41, 5.74) is 1.96. The van der Waals surface area contributed by atoms with E-state index in [1.54, 1.807) is 57.2 Å². The van der Waals surface area contributed by atoms with E-state index >= 15 is 0 Å². The number of nitro benzene ring substituents is 1. The van der Waals surface area contributed by atoms with Crippen molar-refractivity contribution in [1.82, 2.24) is 4.57 Å². The summed E-state index contributed by atoms with van der Waals surface area (Å²) in [7, 11) is 0. The third-order valence-electron chi connectivity index (χ3n) is 6.28. The van der Waals surface area contributed by atoms with Crippen LogP contribution >= 0.6 is 11.3 Å². The molecule has 1 aliphatic heterocycles. The molecular weight excluding hydrogens is 522 g/mol. The largest absolute Gasteiger partial charge is 0.508 e. The van der Waals surface area contributed by atoms with Gasteiger partial charge in [-0.1, -0.05) is 29.5 Å². The molecule has 1 aliphatic rings. The van der Waals surface area contributed by atoms with E-state index in [2.05, 4.69) is 4.99 Å². The first-order chi connectivity index (χ1) is 18.7. The Morgan fingerprint density at radius 1 is 1.23 bits per heavy atom. The lowest BCUT2D eigenvalue weighted by Gasteiger charge is -2.22. The van der Waals surface area contributed by atoms with E-state index < -0.39 is 22.5 Å². The Morgan fingerprint density at radius 3 is 2.74 bits per heavy atom. The average molecular weight is 546 g/mol. The van der Waals surface area contributed by atoms with E-state index in [1.165, 1.54) is 28.8 Å². The van der Waals surface area contributed by atoms with Crippen LogP contribution in [0.5, 0.6) is 5.75 Å². The number of nitro groups is 1. The van der Waals surface area contributed by atoms with Crippen LogP contribution in [0.1, 0.15) is 36.8 Å². The van der Waals surface area contributed by atoms with Crippen molar-refractivity contribution in [2.75, 3.05) is 6.61 Å². The highest BCUT2D eigenvalue weighted by Gasteiger charge is 2.35. The van der Waals surface area contributed by atoms with Gasteiger partial charge >= 0.3 is 5.97 Å². The summed E-state index contributed by atoms with van der Waals surface area (Å²) in [6, 6.07) is 13.3. The van der Waals surface area contributed by atoms with Crippen LogP contribution in [0.2, 0.25) is 0 Å². The lowest BCUT2D eigenvalue weighted by atomic mass is 10.0. The molecule has 0 amide bonds. The maximum absolute atomic E-state index is 13.7. The standard InChI is InChI=1S/C28H23N3O7S/c1-4-37-27(34)24-16(3)29-28-30(26(33)23(39-28)13-17-6-5-7-19(32)12-17)25(24)22-11-10-21(38-22)20-14-18(31(35)36)9-8-15(20)2/h5-14,25,32H,4H2,1-3H3/b23-13-/t25-/m1/s1. The van der Waals surface area contributed by atoms with E-state index in [4.69, 9.17) is 9.15 Å². The lowest BCUT2D eigenvalue weighted by Crippen LogP contribution is -2.39. The maximum Gasteiger partial charge on any atom is 0.338 e. The molecule has 1 N–H and O–H groups in total. The molecule has 2 aromatic heterocycles. The van der Waals surface area contributed by atoms with E-state index in [1.807, 2.05) is 0 Å². The number of non-ortho nitro benzene ring substituents is 1. The molecule has 0 radical (unpaired) electrons. The average Bonchev–Trinajstić information content (AvgIpc) is 3.48. The fourth-order valence-corrected chi connectivity index (χ4v) is 5.51. The van der Waals surface area contributed by atoms with Crippen molar-refractivity contribution >= 4 is 29.1 Å². The van der Waals surface area contributed by atoms with Crippen LogP contribution in [0.3, 0.4) is 0 Å². The Hall–Kier alpha value is -4.77. The fourth-order valence-electron chi connectivity index (χ4n) is 4.46. The van der Waals surface area contributed by atoms with Gasteiger partial charge in [-0.3, -0.25) is 19.5 Å². The van der Waals surface area contributed by atoms with Gasteiger partial charge in [0.05, 0.1) is 27.3 Å². The summed E-state index contributed by atoms with van der Waals surface area (Å²) in [6.07, 6.45) is 1.64. The number of phenols is 1. The Morgan fingerprint density at radius 2 is 2.03 bits per heavy atom. The van der Waals surface area contributed by atoms with Gasteiger partial charge in [-0.2, -0.15) is 0 Å². The highest BCUT2D eigenvalue weighted by molar-refractivity contribution is 7.07. The molecule has 0 saturated heterocycles. The number of ether oxygens (including phenoxy) is 1. The van der Waals surface area contributed by atoms with E-state index in [9.17, 15) is 24.8 Å². The second kappa shape index (κ2) is 10.2. The molecule has 0 unspecified atom stereocenters. The Labute approximate surface area is 225 Å². The van der Waals surface area contributed by atoms with E-state index in [0.29, 0.717) is 31.9 Å². The van der Waals surface area contributed by atoms with Gasteiger partial charge in [0.1, 0.15) is 23.3 Å². The summed E-state index contributed by atoms with van der Waals surface area (Å²) < 4.78 is 13.2. The number of furan rings is 1. The molecule has 4 aromatic rings. The molecule has 0 aliphatic carbocycles. The summed E-state index contributed by atoms with van der Waals surface area (Å²) in [5, 5.41) is 21.2. The number of carbonyl (C=O) groups is 1. The number of esters is 1. The zero-order valence-corrected chi connectivity index (χ0v) is 22.0. The molecular formula is C28H23N3O7S. The predicted octanol–water partition coefficient (Wildman–Crippen LogP) is 3.98. The molecule has 0 spiro atoms. The smallest absolute Gasteiger partial charge is 0.338 e. The SMILES string of the molecule is CCOC(=O)C1=C(C)N=c2s/c(=C\c3cccc(O)c3)c(=O)n2[C@@H]1c1ccc(-c2cc([N+](=O)[O-])ccc2C)o1. The van der Waals surface area contributed by atoms with Crippen molar-refractivity contribution in [3.8, 4) is 17.1 Å². The van der Waals surface area contributed by atoms with E-state index in [0.717, 1.165) is 16.9 Å². The molecule has 2 aromatic carbocycles. The molecule has 11 heteroatoms. The van der Waals surface area contributed by atoms with E-state index in [-0.39, 0.29) is 29.4 Å². The van der Waals surface area contributed by atoms with Crippen LogP contribution in [0, 0.1) is 17.0 Å². The van der Waals surface area contributed by atoms with Gasteiger partial charge in [0.25, 0.3) is 11.2 Å². The van der Waals surface area contributed by atoms with Gasteiger partial charge < -0.3 is 14.3 Å². The molecule has 10 nitrogen and oxygen atoms in total. The van der Waals surface area contributed by atoms with Crippen LogP contribution in [0.15, 0.2) is 80.1 Å². The molecule has 0 saturated carbocycles. The number of hydrogen-bond donors (Lipinski definition) is 1. The number of hydrogen-bond acceptors (Lipinski definition) is 9. The normalized spacial score (nSPS) is 15.2. The number of benzene rings is 2. The van der Waals surface area contributed by atoms with Crippen molar-refractivity contribution in [2.24, 2.45) is 4.99 Å². The number of aromatic nitrogens is 1. The van der Waals surface area contributed by atoms with Gasteiger partial charge in [-0.25, -0.2) is 9.79 Å². The molecule has 0 fully saturated rings. The highest BCUT2D eigenvalue weighted by atomic mass is 32.1. The number of phenolic OH excluding ortho intramolecular Hbond substituents is 1. The molecule has 3 heterocycles. The first-order valence-corrected chi connectivity index (χ1v) is 12.8. The van der Waals surface area contributed by atoms with Gasteiger partial charge in [0.2, 0.25) is 0 Å². The lowest BCUT2D eigenvalue weighted by molar-refractivity contribution is -0.384. The second-order valence-corrected chi connectivity index (χ2v) is 9.86. The van der Waals surface area contributed by atoms with Gasteiger partial charge in [0, 0.05) is 17.7 Å². The zero-order chi connectivity index (χ0) is 27.8. The Balaban J connectivity index is 1.70. The highest BCUT2D eigenvalue weighted by Crippen LogP contribution is 2.36. The number of rotatable bonds is 6. The zero-order valence-electron chi connectivity index (χ0n) is 21.2. The second-order valence-electron chi connectivity index (χ2n) is 8.86. The Bertz CT molecular complexity index is 1840. The maximum atomic E-state index is 13.7. The van der Waals surface area contributed by atoms with Crippen LogP contribution < -0.4 is 14.9 Å². The van der Waals surface area contributed by atoms with Crippen molar-refractivity contribution in [1.29, 1.82) is 0 Å². The first kappa shape index (κ1) is 25.9. The summed E-state index contributed by atoms with van der Waals surface area (Å²) in [6.45, 7) is 5.28. The molecule has 39 heavy (non-hydrogen) atoms. The number of allylic oxidation sites excluding steroid dienone is 1. The summed E-state index contributed by atoms with van der Waals surface area (Å²) in [5.74, 6) is 0.0640. The van der Waals surface area contributed by atoms with Crippen LogP contribution in [0.25, 0.3) is 17.4 Å². The molecule has 198 valence electrons. The third-order valence-corrected chi connectivity index (χ3v) is 7.26. The topological polar surface area (TPSA) is 137 Å². The van der Waals surface area contributed by atoms with Crippen molar-refractivity contribution in [3.63, 3.8) is 0 Å². The van der Waals surface area contributed by atoms with Gasteiger partial charge in [-0.15, -0.1) is 0 Å². The minimum Gasteiger partial charge on any atom is -0.508 e. The minimum absolute atomic E-state index is 0.0643. The molecule has 1 atom stereocenters. The number of thiazole rings is 1. The predicted molar refractivity (Wildman–Crippen MR) is 144 cm³/mol. The quantitative estimate of drug-likeness (QED) is 0.220. The summed E-state index contributed by atoms with van der Waals surface area (Å²) >= 11 is 1.15. The number of fused-ring (bicyclic) bond motifs is 1. The Kier molecular flexibility index (Phi) is 6.75. The van der Waals surface area contributed by atoms with Crippen LogP contribution in [-0.2, 0) is 9.53 Å². The van der Waals surface area contributed by atoms with Crippen molar-refractivity contribution in [2.45, 2.75) is 26.8 Å². The van der Waals surface area contributed by atoms with Gasteiger partial charge in [-0.05, 0) is 62.2 Å². The monoisotopic (exact) mass is 545 g/mol. The van der Waals surface area contributed by atoms with Crippen LogP contribution in [-0.4, -0.2) is 27.2 Å². The number of aryl methyl sites for hydroxylation is 1. The molecule has 0 bridgehead atoms. The third kappa shape index (κ3) is 4.79. The fraction of sp³-hybridized carbons (Fsp3) is 0.179. The number of carbonyl (C=O) groups excluding carboxylic acids is 1. The first-order valence-electron chi connectivity index (χ1n) is 12.0. The summed E-state index contributed by atoms with van der Waals surface area (Å²) in [4.78, 5) is 42.6. The minimum atomic E-state index is -0.973. The van der Waals surface area contributed by atoms with Crippen molar-refractivity contribution < 1.29 is 24.0 Å². The van der Waals surface area contributed by atoms with Crippen molar-refractivity contribution in [3.05, 3.63) is 113 Å². The molecule has 5 rings (SSSR count). The van der Waals surface area contributed by atoms with Crippen LogP contribution in [0.4, 0.5) is 5.69 Å². The number of nitrogens with zero attached hydrogens (tertiary/aromatic N) is 3.